The molecule has 7 heteroatoms. The maximum Gasteiger partial charge on any atom is 0.337 e. The van der Waals surface area contributed by atoms with Crippen LogP contribution in [0.2, 0.25) is 0 Å². The highest BCUT2D eigenvalue weighted by Crippen LogP contribution is 2.39. The van der Waals surface area contributed by atoms with Gasteiger partial charge in [-0.15, -0.1) is 0 Å². The van der Waals surface area contributed by atoms with Crippen LogP contribution in [0.4, 0.5) is 0 Å². The first-order chi connectivity index (χ1) is 13.5. The summed E-state index contributed by atoms with van der Waals surface area (Å²) in [5.74, 6) is -1.14. The zero-order valence-corrected chi connectivity index (χ0v) is 15.5. The van der Waals surface area contributed by atoms with Crippen LogP contribution in [0.1, 0.15) is 34.3 Å². The van der Waals surface area contributed by atoms with Crippen LogP contribution < -0.4 is 9.47 Å². The number of hydrogen-bond acceptors (Lipinski definition) is 5. The fourth-order valence-corrected chi connectivity index (χ4v) is 3.60. The van der Waals surface area contributed by atoms with Gasteiger partial charge in [-0.25, -0.2) is 4.79 Å². The monoisotopic (exact) mass is 381 g/mol. The van der Waals surface area contributed by atoms with Crippen LogP contribution in [-0.4, -0.2) is 35.5 Å². The summed E-state index contributed by atoms with van der Waals surface area (Å²) in [6, 6.07) is 10.3. The molecule has 1 unspecified atom stereocenters. The molecule has 0 radical (unpaired) electrons. The van der Waals surface area contributed by atoms with Crippen molar-refractivity contribution in [2.45, 2.75) is 19.4 Å². The third kappa shape index (κ3) is 2.85. The number of hydrogen-bond donors (Lipinski definition) is 1. The van der Waals surface area contributed by atoms with Crippen LogP contribution in [0.25, 0.3) is 10.9 Å². The van der Waals surface area contributed by atoms with E-state index in [4.69, 9.17) is 14.2 Å². The Balaban J connectivity index is 1.87. The zero-order chi connectivity index (χ0) is 19.8. The molecule has 0 saturated carbocycles. The number of esters is 1. The average molecular weight is 381 g/mol. The number of nitrogens with zero attached hydrogens (tertiary/aromatic N) is 1. The number of rotatable bonds is 5. The number of fused-ring (bicyclic) bond motifs is 2. The summed E-state index contributed by atoms with van der Waals surface area (Å²) in [6.45, 7) is 2.72. The molecular formula is C21H19NO6. The van der Waals surface area contributed by atoms with Gasteiger partial charge >= 0.3 is 11.9 Å². The number of ether oxygens (including phenoxy) is 3. The lowest BCUT2D eigenvalue weighted by Gasteiger charge is -2.13. The van der Waals surface area contributed by atoms with Crippen molar-refractivity contribution in [1.82, 2.24) is 4.57 Å². The third-order valence-corrected chi connectivity index (χ3v) is 4.96. The van der Waals surface area contributed by atoms with Gasteiger partial charge in [0.1, 0.15) is 5.92 Å². The van der Waals surface area contributed by atoms with Crippen LogP contribution in [0.5, 0.6) is 11.5 Å². The lowest BCUT2D eigenvalue weighted by molar-refractivity contribution is -0.137. The van der Waals surface area contributed by atoms with Crippen molar-refractivity contribution >= 4 is 22.8 Å². The van der Waals surface area contributed by atoms with E-state index in [0.29, 0.717) is 34.7 Å². The molecular weight excluding hydrogens is 362 g/mol. The number of aliphatic carboxylic acids is 1. The van der Waals surface area contributed by atoms with E-state index < -0.39 is 17.9 Å². The predicted octanol–water partition coefficient (Wildman–Crippen LogP) is 3.39. The number of carboxylic acids is 1. The quantitative estimate of drug-likeness (QED) is 0.682. The Morgan fingerprint density at radius 1 is 1.18 bits per heavy atom. The van der Waals surface area contributed by atoms with E-state index in [1.165, 1.54) is 7.11 Å². The Kier molecular flexibility index (Phi) is 4.43. The first-order valence-corrected chi connectivity index (χ1v) is 8.87. The van der Waals surface area contributed by atoms with Gasteiger partial charge in [0.15, 0.2) is 11.5 Å². The molecule has 0 bridgehead atoms. The molecule has 4 rings (SSSR count). The molecule has 3 aromatic rings. The van der Waals surface area contributed by atoms with Gasteiger partial charge in [-0.1, -0.05) is 12.1 Å². The summed E-state index contributed by atoms with van der Waals surface area (Å²) >= 11 is 0. The summed E-state index contributed by atoms with van der Waals surface area (Å²) in [5, 5.41) is 10.8. The van der Waals surface area contributed by atoms with Crippen molar-refractivity contribution in [3.05, 3.63) is 59.3 Å². The molecule has 2 aromatic carbocycles. The van der Waals surface area contributed by atoms with Crippen molar-refractivity contribution < 1.29 is 28.9 Å². The van der Waals surface area contributed by atoms with Crippen molar-refractivity contribution in [2.75, 3.05) is 13.9 Å². The highest BCUT2D eigenvalue weighted by molar-refractivity contribution is 5.97. The number of carbonyl (C=O) groups excluding carboxylic acids is 1. The van der Waals surface area contributed by atoms with Gasteiger partial charge in [0, 0.05) is 23.6 Å². The van der Waals surface area contributed by atoms with Gasteiger partial charge in [0.25, 0.3) is 0 Å². The summed E-state index contributed by atoms with van der Waals surface area (Å²) in [7, 11) is 1.33. The first kappa shape index (κ1) is 17.9. The number of methoxy groups -OCH3 is 1. The van der Waals surface area contributed by atoms with E-state index in [2.05, 4.69) is 0 Å². The highest BCUT2D eigenvalue weighted by atomic mass is 16.7. The Morgan fingerprint density at radius 3 is 2.68 bits per heavy atom. The molecule has 0 fully saturated rings. The molecule has 1 atom stereocenters. The third-order valence-electron chi connectivity index (χ3n) is 4.96. The van der Waals surface area contributed by atoms with Gasteiger partial charge in [0.05, 0.1) is 12.7 Å². The lowest BCUT2D eigenvalue weighted by atomic mass is 9.90. The van der Waals surface area contributed by atoms with Crippen LogP contribution >= 0.6 is 0 Å². The molecule has 1 N–H and O–H groups in total. The van der Waals surface area contributed by atoms with E-state index >= 15 is 0 Å². The summed E-state index contributed by atoms with van der Waals surface area (Å²) in [6.07, 6.45) is 1.83. The standard InChI is InChI=1S/C21H19NO6/c1-3-22-10-15(14-6-4-13(8-16(14)22)21(25)26-2)19(20(23)24)12-5-7-17-18(9-12)28-11-27-17/h4-10,19H,3,11H2,1-2H3,(H,23,24). The molecule has 1 aromatic heterocycles. The van der Waals surface area contributed by atoms with Crippen molar-refractivity contribution in [3.8, 4) is 11.5 Å². The largest absolute Gasteiger partial charge is 0.481 e. The minimum Gasteiger partial charge on any atom is -0.481 e. The number of carboxylic acid groups (broad SMARTS) is 1. The maximum absolute atomic E-state index is 12.2. The van der Waals surface area contributed by atoms with Crippen molar-refractivity contribution in [1.29, 1.82) is 0 Å². The minimum absolute atomic E-state index is 0.127. The molecule has 144 valence electrons. The number of benzene rings is 2. The number of carbonyl (C=O) groups is 2. The smallest absolute Gasteiger partial charge is 0.337 e. The summed E-state index contributed by atoms with van der Waals surface area (Å²) in [4.78, 5) is 24.1. The molecule has 1 aliphatic heterocycles. The average Bonchev–Trinajstić information content (AvgIpc) is 3.31. The van der Waals surface area contributed by atoms with E-state index in [-0.39, 0.29) is 6.79 Å². The van der Waals surface area contributed by atoms with Gasteiger partial charge in [0.2, 0.25) is 6.79 Å². The van der Waals surface area contributed by atoms with E-state index in [9.17, 15) is 14.7 Å². The molecule has 0 amide bonds. The topological polar surface area (TPSA) is 87.0 Å². The summed E-state index contributed by atoms with van der Waals surface area (Å²) < 4.78 is 17.4. The summed E-state index contributed by atoms with van der Waals surface area (Å²) in [5.41, 5.74) is 2.46. The van der Waals surface area contributed by atoms with Gasteiger partial charge in [-0.2, -0.15) is 0 Å². The fourth-order valence-electron chi connectivity index (χ4n) is 3.60. The molecule has 2 heterocycles. The molecule has 0 aliphatic carbocycles. The van der Waals surface area contributed by atoms with Crippen LogP contribution in [-0.2, 0) is 16.1 Å². The Hall–Kier alpha value is -3.48. The zero-order valence-electron chi connectivity index (χ0n) is 15.5. The molecule has 0 spiro atoms. The second-order valence-corrected chi connectivity index (χ2v) is 6.48. The van der Waals surface area contributed by atoms with Crippen LogP contribution in [0, 0.1) is 0 Å². The Labute approximate surface area is 161 Å². The molecule has 1 aliphatic rings. The molecule has 28 heavy (non-hydrogen) atoms. The van der Waals surface area contributed by atoms with Gasteiger partial charge in [-0.05, 0) is 42.3 Å². The van der Waals surface area contributed by atoms with E-state index in [0.717, 1.165) is 10.9 Å². The number of aromatic nitrogens is 1. The fraction of sp³-hybridized carbons (Fsp3) is 0.238. The Bertz CT molecular complexity index is 1080. The van der Waals surface area contributed by atoms with Gasteiger partial charge < -0.3 is 23.9 Å². The maximum atomic E-state index is 12.2. The highest BCUT2D eigenvalue weighted by Gasteiger charge is 2.28. The van der Waals surface area contributed by atoms with E-state index in [1.54, 1.807) is 36.4 Å². The van der Waals surface area contributed by atoms with Crippen LogP contribution in [0.15, 0.2) is 42.6 Å². The molecule has 7 nitrogen and oxygen atoms in total. The second-order valence-electron chi connectivity index (χ2n) is 6.48. The predicted molar refractivity (Wildman–Crippen MR) is 101 cm³/mol. The van der Waals surface area contributed by atoms with Crippen molar-refractivity contribution in [3.63, 3.8) is 0 Å². The van der Waals surface area contributed by atoms with Crippen LogP contribution in [0.3, 0.4) is 0 Å². The lowest BCUT2D eigenvalue weighted by Crippen LogP contribution is -2.13. The Morgan fingerprint density at radius 2 is 1.96 bits per heavy atom. The molecule has 0 saturated heterocycles. The SMILES string of the molecule is CCn1cc(C(C(=O)O)c2ccc3c(c2)OCO3)c2ccc(C(=O)OC)cc21. The van der Waals surface area contributed by atoms with Gasteiger partial charge in [-0.3, -0.25) is 4.79 Å². The van der Waals surface area contributed by atoms with Crippen molar-refractivity contribution in [2.24, 2.45) is 0 Å². The first-order valence-electron chi connectivity index (χ1n) is 8.87. The normalized spacial score (nSPS) is 13.5. The van der Waals surface area contributed by atoms with E-state index in [1.807, 2.05) is 17.7 Å². The second kappa shape index (κ2) is 6.92. The number of aryl methyl sites for hydroxylation is 1. The minimum atomic E-state index is -0.967.